The van der Waals surface area contributed by atoms with Crippen molar-refractivity contribution in [3.63, 3.8) is 0 Å². The van der Waals surface area contributed by atoms with Crippen LogP contribution in [0.3, 0.4) is 0 Å². The highest BCUT2D eigenvalue weighted by Crippen LogP contribution is 2.16. The average Bonchev–Trinajstić information content (AvgIpc) is 2.72. The van der Waals surface area contributed by atoms with Crippen LogP contribution >= 0.6 is 11.3 Å². The quantitative estimate of drug-likeness (QED) is 0.908. The zero-order valence-corrected chi connectivity index (χ0v) is 10.6. The van der Waals surface area contributed by atoms with Gasteiger partial charge in [0, 0.05) is 23.7 Å². The molecule has 0 bridgehead atoms. The maximum atomic E-state index is 13.0. The third-order valence-electron chi connectivity index (χ3n) is 2.64. The van der Waals surface area contributed by atoms with E-state index in [-0.39, 0.29) is 11.9 Å². The van der Waals surface area contributed by atoms with Gasteiger partial charge >= 0.3 is 0 Å². The number of aryl methyl sites for hydroxylation is 1. The number of halogens is 1. The molecule has 2 aromatic rings. The second kappa shape index (κ2) is 5.33. The third kappa shape index (κ3) is 3.08. The summed E-state index contributed by atoms with van der Waals surface area (Å²) in [6.45, 7) is 4.73. The standard InChI is InChI=1S/C12H14FN3S/c1-8(10-3-11(13)5-14-4-10)15-6-12-9(2)16-7-17-12/h3-5,7-8,15H,6H2,1-2H3. The molecule has 2 rings (SSSR count). The van der Waals surface area contributed by atoms with Crippen molar-refractivity contribution in [1.82, 2.24) is 15.3 Å². The summed E-state index contributed by atoms with van der Waals surface area (Å²) in [6.07, 6.45) is 2.89. The van der Waals surface area contributed by atoms with Crippen molar-refractivity contribution in [2.24, 2.45) is 0 Å². The predicted molar refractivity (Wildman–Crippen MR) is 66.3 cm³/mol. The summed E-state index contributed by atoms with van der Waals surface area (Å²) in [4.78, 5) is 9.24. The summed E-state index contributed by atoms with van der Waals surface area (Å²) < 4.78 is 13.0. The molecule has 1 N–H and O–H groups in total. The van der Waals surface area contributed by atoms with E-state index in [0.29, 0.717) is 0 Å². The van der Waals surface area contributed by atoms with Gasteiger partial charge in [-0.25, -0.2) is 9.37 Å². The highest BCUT2D eigenvalue weighted by atomic mass is 32.1. The molecule has 0 saturated heterocycles. The molecule has 0 radical (unpaired) electrons. The summed E-state index contributed by atoms with van der Waals surface area (Å²) in [7, 11) is 0. The second-order valence-electron chi connectivity index (χ2n) is 3.90. The van der Waals surface area contributed by atoms with Gasteiger partial charge in [-0.15, -0.1) is 11.3 Å². The minimum atomic E-state index is -0.301. The molecule has 1 atom stereocenters. The minimum Gasteiger partial charge on any atom is -0.305 e. The first-order valence-corrected chi connectivity index (χ1v) is 6.27. The first-order chi connectivity index (χ1) is 8.16. The molecule has 0 aliphatic rings. The lowest BCUT2D eigenvalue weighted by Gasteiger charge is -2.13. The van der Waals surface area contributed by atoms with Crippen LogP contribution < -0.4 is 5.32 Å². The van der Waals surface area contributed by atoms with Gasteiger partial charge in [0.2, 0.25) is 0 Å². The summed E-state index contributed by atoms with van der Waals surface area (Å²) in [6, 6.07) is 1.57. The van der Waals surface area contributed by atoms with Gasteiger partial charge in [-0.2, -0.15) is 0 Å². The van der Waals surface area contributed by atoms with E-state index in [9.17, 15) is 4.39 Å². The molecule has 0 amide bonds. The van der Waals surface area contributed by atoms with E-state index in [1.165, 1.54) is 17.1 Å². The SMILES string of the molecule is Cc1ncsc1CNC(C)c1cncc(F)c1. The van der Waals surface area contributed by atoms with Gasteiger partial charge < -0.3 is 5.32 Å². The molecule has 0 spiro atoms. The third-order valence-corrected chi connectivity index (χ3v) is 3.57. The fraction of sp³-hybridized carbons (Fsp3) is 0.333. The van der Waals surface area contributed by atoms with Crippen LogP contribution in [0, 0.1) is 12.7 Å². The molecule has 0 aliphatic carbocycles. The van der Waals surface area contributed by atoms with Gasteiger partial charge in [-0.3, -0.25) is 4.98 Å². The molecule has 5 heteroatoms. The normalized spacial score (nSPS) is 12.6. The number of hydrogen-bond acceptors (Lipinski definition) is 4. The largest absolute Gasteiger partial charge is 0.305 e. The fourth-order valence-electron chi connectivity index (χ4n) is 1.52. The van der Waals surface area contributed by atoms with Gasteiger partial charge in [0.15, 0.2) is 0 Å². The number of aromatic nitrogens is 2. The van der Waals surface area contributed by atoms with E-state index >= 15 is 0 Å². The maximum Gasteiger partial charge on any atom is 0.141 e. The lowest BCUT2D eigenvalue weighted by atomic mass is 10.1. The maximum absolute atomic E-state index is 13.0. The van der Waals surface area contributed by atoms with Crippen molar-refractivity contribution >= 4 is 11.3 Å². The second-order valence-corrected chi connectivity index (χ2v) is 4.84. The molecular weight excluding hydrogens is 237 g/mol. The molecule has 0 aliphatic heterocycles. The van der Waals surface area contributed by atoms with Gasteiger partial charge in [-0.1, -0.05) is 0 Å². The zero-order chi connectivity index (χ0) is 12.3. The highest BCUT2D eigenvalue weighted by molar-refractivity contribution is 7.09. The van der Waals surface area contributed by atoms with Gasteiger partial charge in [0.05, 0.1) is 17.4 Å². The van der Waals surface area contributed by atoms with Gasteiger partial charge in [0.25, 0.3) is 0 Å². The Labute approximate surface area is 104 Å². The highest BCUT2D eigenvalue weighted by Gasteiger charge is 2.08. The molecule has 17 heavy (non-hydrogen) atoms. The Bertz CT molecular complexity index is 498. The number of pyridine rings is 1. The molecule has 2 aromatic heterocycles. The van der Waals surface area contributed by atoms with E-state index < -0.39 is 0 Å². The molecule has 3 nitrogen and oxygen atoms in total. The zero-order valence-electron chi connectivity index (χ0n) is 9.77. The van der Waals surface area contributed by atoms with Crippen LogP contribution in [0.15, 0.2) is 24.0 Å². The summed E-state index contributed by atoms with van der Waals surface area (Å²) in [5, 5.41) is 3.33. The molecule has 0 fully saturated rings. The van der Waals surface area contributed by atoms with Crippen molar-refractivity contribution in [3.8, 4) is 0 Å². The van der Waals surface area contributed by atoms with Crippen molar-refractivity contribution in [2.75, 3.05) is 0 Å². The number of hydrogen-bond donors (Lipinski definition) is 1. The Morgan fingerprint density at radius 3 is 2.94 bits per heavy atom. The molecule has 1 unspecified atom stereocenters. The molecule has 0 saturated carbocycles. The monoisotopic (exact) mass is 251 g/mol. The first kappa shape index (κ1) is 12.1. The molecule has 2 heterocycles. The Kier molecular flexibility index (Phi) is 3.81. The van der Waals surface area contributed by atoms with Crippen LogP contribution in [0.4, 0.5) is 4.39 Å². The predicted octanol–water partition coefficient (Wildman–Crippen LogP) is 2.84. The van der Waals surface area contributed by atoms with Crippen molar-refractivity contribution in [3.05, 3.63) is 45.9 Å². The summed E-state index contributed by atoms with van der Waals surface area (Å²) in [5.74, 6) is -0.301. The lowest BCUT2D eigenvalue weighted by molar-refractivity contribution is 0.562. The van der Waals surface area contributed by atoms with Crippen LogP contribution in [-0.4, -0.2) is 9.97 Å². The number of nitrogens with one attached hydrogen (secondary N) is 1. The van der Waals surface area contributed by atoms with Crippen molar-refractivity contribution in [2.45, 2.75) is 26.4 Å². The molecular formula is C12H14FN3S. The summed E-state index contributed by atoms with van der Waals surface area (Å²) >= 11 is 1.63. The van der Waals surface area contributed by atoms with Gasteiger partial charge in [-0.05, 0) is 25.5 Å². The van der Waals surface area contributed by atoms with Crippen LogP contribution in [0.25, 0.3) is 0 Å². The van der Waals surface area contributed by atoms with Crippen molar-refractivity contribution in [1.29, 1.82) is 0 Å². The molecule has 90 valence electrons. The Balaban J connectivity index is 1.98. The lowest BCUT2D eigenvalue weighted by Crippen LogP contribution is -2.18. The smallest absolute Gasteiger partial charge is 0.141 e. The van der Waals surface area contributed by atoms with E-state index in [4.69, 9.17) is 0 Å². The van der Waals surface area contributed by atoms with Crippen LogP contribution in [0.5, 0.6) is 0 Å². The van der Waals surface area contributed by atoms with E-state index in [0.717, 1.165) is 17.8 Å². The Morgan fingerprint density at radius 2 is 2.29 bits per heavy atom. The van der Waals surface area contributed by atoms with Crippen molar-refractivity contribution < 1.29 is 4.39 Å². The van der Waals surface area contributed by atoms with Crippen LogP contribution in [-0.2, 0) is 6.54 Å². The Hall–Kier alpha value is -1.33. The fourth-order valence-corrected chi connectivity index (χ4v) is 2.25. The average molecular weight is 251 g/mol. The van der Waals surface area contributed by atoms with Crippen LogP contribution in [0.1, 0.15) is 29.1 Å². The minimum absolute atomic E-state index is 0.0692. The van der Waals surface area contributed by atoms with Gasteiger partial charge in [0.1, 0.15) is 5.82 Å². The van der Waals surface area contributed by atoms with Crippen LogP contribution in [0.2, 0.25) is 0 Å². The summed E-state index contributed by atoms with van der Waals surface area (Å²) in [5.41, 5.74) is 3.74. The van der Waals surface area contributed by atoms with E-state index in [1.54, 1.807) is 17.5 Å². The molecule has 0 aromatic carbocycles. The number of rotatable bonds is 4. The first-order valence-electron chi connectivity index (χ1n) is 5.39. The number of nitrogens with zero attached hydrogens (tertiary/aromatic N) is 2. The topological polar surface area (TPSA) is 37.8 Å². The van der Waals surface area contributed by atoms with E-state index in [2.05, 4.69) is 15.3 Å². The van der Waals surface area contributed by atoms with E-state index in [1.807, 2.05) is 19.4 Å². The number of thiazole rings is 1. The Morgan fingerprint density at radius 1 is 1.47 bits per heavy atom.